The third kappa shape index (κ3) is 3.06. The van der Waals surface area contributed by atoms with Crippen molar-refractivity contribution in [3.05, 3.63) is 23.2 Å². The molecule has 0 aromatic carbocycles. The number of ether oxygens (including phenoxy) is 1. The van der Waals surface area contributed by atoms with Gasteiger partial charge in [0.25, 0.3) is 5.91 Å². The Morgan fingerprint density at radius 3 is 2.50 bits per heavy atom. The third-order valence-electron chi connectivity index (χ3n) is 5.05. The van der Waals surface area contributed by atoms with Gasteiger partial charge in [0.1, 0.15) is 11.5 Å². The highest BCUT2D eigenvalue weighted by molar-refractivity contribution is 5.95. The summed E-state index contributed by atoms with van der Waals surface area (Å²) < 4.78 is 10.9. The highest BCUT2D eigenvalue weighted by atomic mass is 16.5. The van der Waals surface area contributed by atoms with Crippen molar-refractivity contribution in [2.45, 2.75) is 45.3 Å². The highest BCUT2D eigenvalue weighted by Crippen LogP contribution is 2.24. The van der Waals surface area contributed by atoms with Crippen molar-refractivity contribution in [3.63, 3.8) is 0 Å². The maximum atomic E-state index is 12.6. The molecule has 122 valence electrons. The lowest BCUT2D eigenvalue weighted by Gasteiger charge is -2.36. The van der Waals surface area contributed by atoms with E-state index in [1.807, 2.05) is 24.8 Å². The largest absolute Gasteiger partial charge is 0.466 e. The Hall–Kier alpha value is -1.33. The monoisotopic (exact) mass is 306 g/mol. The van der Waals surface area contributed by atoms with Crippen molar-refractivity contribution >= 4 is 5.91 Å². The minimum absolute atomic E-state index is 0.115. The van der Waals surface area contributed by atoms with Gasteiger partial charge in [-0.3, -0.25) is 9.69 Å². The molecule has 1 unspecified atom stereocenters. The summed E-state index contributed by atoms with van der Waals surface area (Å²) in [5.41, 5.74) is 0.719. The fourth-order valence-electron chi connectivity index (χ4n) is 3.73. The Balaban J connectivity index is 1.55. The first-order valence-corrected chi connectivity index (χ1v) is 8.21. The van der Waals surface area contributed by atoms with E-state index in [0.717, 1.165) is 62.5 Å². The molecule has 5 nitrogen and oxygen atoms in total. The molecule has 0 N–H and O–H groups in total. The normalized spacial score (nSPS) is 24.1. The van der Waals surface area contributed by atoms with Crippen LogP contribution in [0.25, 0.3) is 0 Å². The van der Waals surface area contributed by atoms with Crippen LogP contribution >= 0.6 is 0 Å². The summed E-state index contributed by atoms with van der Waals surface area (Å²) in [6.07, 6.45) is 3.62. The molecule has 1 aromatic rings. The minimum atomic E-state index is 0.115. The van der Waals surface area contributed by atoms with Gasteiger partial charge in [-0.25, -0.2) is 0 Å². The van der Waals surface area contributed by atoms with E-state index in [1.54, 1.807) is 7.11 Å². The molecule has 0 spiro atoms. The zero-order chi connectivity index (χ0) is 15.7. The number of furan rings is 1. The second-order valence-electron chi connectivity index (χ2n) is 6.49. The van der Waals surface area contributed by atoms with E-state index in [0.29, 0.717) is 12.1 Å². The summed E-state index contributed by atoms with van der Waals surface area (Å²) in [7, 11) is 1.80. The summed E-state index contributed by atoms with van der Waals surface area (Å²) >= 11 is 0. The van der Waals surface area contributed by atoms with Crippen molar-refractivity contribution in [2.75, 3.05) is 33.3 Å². The molecule has 3 heterocycles. The van der Waals surface area contributed by atoms with E-state index >= 15 is 0 Å². The lowest BCUT2D eigenvalue weighted by molar-refractivity contribution is 0.0601. The molecular formula is C17H26N2O3. The predicted molar refractivity (Wildman–Crippen MR) is 84.1 cm³/mol. The summed E-state index contributed by atoms with van der Waals surface area (Å²) in [5, 5.41) is 0. The number of carbonyl (C=O) groups is 1. The minimum Gasteiger partial charge on any atom is -0.466 e. The molecule has 3 rings (SSSR count). The molecule has 2 aliphatic rings. The van der Waals surface area contributed by atoms with Gasteiger partial charge in [0.05, 0.1) is 11.7 Å². The molecule has 2 aliphatic heterocycles. The maximum Gasteiger partial charge on any atom is 0.257 e. The van der Waals surface area contributed by atoms with E-state index in [1.165, 1.54) is 0 Å². The predicted octanol–water partition coefficient (Wildman–Crippen LogP) is 2.22. The summed E-state index contributed by atoms with van der Waals surface area (Å²) in [6, 6.07) is 2.45. The van der Waals surface area contributed by atoms with E-state index < -0.39 is 0 Å². The van der Waals surface area contributed by atoms with Crippen molar-refractivity contribution in [1.29, 1.82) is 0 Å². The molecule has 5 heteroatoms. The molecule has 1 amide bonds. The maximum absolute atomic E-state index is 12.6. The van der Waals surface area contributed by atoms with Gasteiger partial charge >= 0.3 is 0 Å². The lowest BCUT2D eigenvalue weighted by atomic mass is 10.0. The average Bonchev–Trinajstić information content (AvgIpc) is 3.13. The smallest absolute Gasteiger partial charge is 0.257 e. The number of amides is 1. The van der Waals surface area contributed by atoms with Crippen LogP contribution in [-0.4, -0.2) is 61.1 Å². The molecule has 2 fully saturated rings. The van der Waals surface area contributed by atoms with E-state index in [9.17, 15) is 4.79 Å². The van der Waals surface area contributed by atoms with Gasteiger partial charge in [0, 0.05) is 39.3 Å². The summed E-state index contributed by atoms with van der Waals surface area (Å²) in [4.78, 5) is 17.1. The molecule has 2 saturated heterocycles. The van der Waals surface area contributed by atoms with Crippen LogP contribution in [0.4, 0.5) is 0 Å². The number of hydrogen-bond acceptors (Lipinski definition) is 4. The van der Waals surface area contributed by atoms with Crippen LogP contribution in [-0.2, 0) is 4.74 Å². The first-order valence-electron chi connectivity index (χ1n) is 8.21. The van der Waals surface area contributed by atoms with Crippen molar-refractivity contribution in [3.8, 4) is 0 Å². The molecule has 0 radical (unpaired) electrons. The summed E-state index contributed by atoms with van der Waals surface area (Å²) in [6.45, 7) is 7.58. The Kier molecular flexibility index (Phi) is 4.54. The number of aryl methyl sites for hydroxylation is 2. The van der Waals surface area contributed by atoms with Crippen LogP contribution in [0.5, 0.6) is 0 Å². The van der Waals surface area contributed by atoms with Gasteiger partial charge in [-0.2, -0.15) is 0 Å². The van der Waals surface area contributed by atoms with Crippen molar-refractivity contribution < 1.29 is 13.9 Å². The fourth-order valence-corrected chi connectivity index (χ4v) is 3.73. The van der Waals surface area contributed by atoms with E-state index in [4.69, 9.17) is 9.15 Å². The van der Waals surface area contributed by atoms with Gasteiger partial charge in [0.2, 0.25) is 0 Å². The van der Waals surface area contributed by atoms with Gasteiger partial charge in [-0.15, -0.1) is 0 Å². The van der Waals surface area contributed by atoms with Gasteiger partial charge in [-0.05, 0) is 39.2 Å². The number of rotatable bonds is 3. The quantitative estimate of drug-likeness (QED) is 0.859. The van der Waals surface area contributed by atoms with Gasteiger partial charge in [-0.1, -0.05) is 0 Å². The highest BCUT2D eigenvalue weighted by Gasteiger charge is 2.32. The molecule has 22 heavy (non-hydrogen) atoms. The first-order chi connectivity index (χ1) is 10.6. The molecule has 0 aliphatic carbocycles. The number of nitrogens with zero attached hydrogens (tertiary/aromatic N) is 2. The number of likely N-dealkylation sites (tertiary alicyclic amines) is 2. The SMILES string of the molecule is COC1CCN(C2CCN(C(=O)c3cc(C)oc3C)CC2)C1. The zero-order valence-corrected chi connectivity index (χ0v) is 13.8. The fraction of sp³-hybridized carbons (Fsp3) is 0.706. The van der Waals surface area contributed by atoms with Gasteiger partial charge in [0.15, 0.2) is 0 Å². The van der Waals surface area contributed by atoms with Crippen LogP contribution in [0.15, 0.2) is 10.5 Å². The Morgan fingerprint density at radius 1 is 1.23 bits per heavy atom. The third-order valence-corrected chi connectivity index (χ3v) is 5.05. The first kappa shape index (κ1) is 15.6. The lowest BCUT2D eigenvalue weighted by Crippen LogP contribution is -2.46. The van der Waals surface area contributed by atoms with E-state index in [-0.39, 0.29) is 5.91 Å². The standard InChI is InChI=1S/C17H26N2O3/c1-12-10-16(13(2)22-12)17(20)18-7-4-14(5-8-18)19-9-6-15(11-19)21-3/h10,14-15H,4-9,11H2,1-3H3. The second kappa shape index (κ2) is 6.42. The molecule has 0 bridgehead atoms. The number of piperidine rings is 1. The van der Waals surface area contributed by atoms with Crippen LogP contribution < -0.4 is 0 Å². The molecule has 1 aromatic heterocycles. The number of methoxy groups -OCH3 is 1. The van der Waals surface area contributed by atoms with Crippen molar-refractivity contribution in [1.82, 2.24) is 9.80 Å². The summed E-state index contributed by atoms with van der Waals surface area (Å²) in [5.74, 6) is 1.65. The molecule has 1 atom stereocenters. The number of hydrogen-bond donors (Lipinski definition) is 0. The van der Waals surface area contributed by atoms with E-state index in [2.05, 4.69) is 4.90 Å². The van der Waals surface area contributed by atoms with Crippen LogP contribution in [0, 0.1) is 13.8 Å². The number of carbonyl (C=O) groups excluding carboxylic acids is 1. The second-order valence-corrected chi connectivity index (χ2v) is 6.49. The Labute approximate surface area is 132 Å². The topological polar surface area (TPSA) is 45.9 Å². The van der Waals surface area contributed by atoms with Crippen LogP contribution in [0.1, 0.15) is 41.1 Å². The van der Waals surface area contributed by atoms with Gasteiger partial charge < -0.3 is 14.1 Å². The Morgan fingerprint density at radius 2 is 1.95 bits per heavy atom. The Bertz CT molecular complexity index is 532. The average molecular weight is 306 g/mol. The van der Waals surface area contributed by atoms with Crippen LogP contribution in [0.2, 0.25) is 0 Å². The van der Waals surface area contributed by atoms with Crippen molar-refractivity contribution in [2.24, 2.45) is 0 Å². The molecular weight excluding hydrogens is 280 g/mol. The zero-order valence-electron chi connectivity index (χ0n) is 13.8. The molecule has 0 saturated carbocycles. The van der Waals surface area contributed by atoms with Crippen LogP contribution in [0.3, 0.4) is 0 Å².